The van der Waals surface area contributed by atoms with Crippen molar-refractivity contribution >= 4 is 5.78 Å². The highest BCUT2D eigenvalue weighted by Gasteiger charge is 2.49. The topological polar surface area (TPSA) is 98.5 Å². The number of Topliss-reactive ketones (excluding diaryl/α,β-unsaturated/α-hetero) is 1. The second kappa shape index (κ2) is 18.2. The Bertz CT molecular complexity index is 1280. The summed E-state index contributed by atoms with van der Waals surface area (Å²) in [7, 11) is 1.53. The van der Waals surface area contributed by atoms with Gasteiger partial charge in [0.05, 0.1) is 32.5 Å². The molecule has 1 fully saturated rings. The molecule has 1 aliphatic rings. The molecular weight excluding hydrogens is 603 g/mol. The van der Waals surface area contributed by atoms with E-state index >= 15 is 0 Å². The summed E-state index contributed by atoms with van der Waals surface area (Å²) in [5.74, 6) is -1.92. The zero-order valence-corrected chi connectivity index (χ0v) is 25.9. The minimum Gasteiger partial charge on any atom is -0.379 e. The SMILES string of the molecule is CO[C@H]1O[C@H](COCCCCC(N)C(=O)C(F)(F)F)[C@@H](OCc2ccccc2)[C@H](OCc2ccccc2)[C@H]1OCc1ccccc1. The lowest BCUT2D eigenvalue weighted by Gasteiger charge is -2.45. The summed E-state index contributed by atoms with van der Waals surface area (Å²) in [6.45, 7) is 1.20. The van der Waals surface area contributed by atoms with Crippen LogP contribution in [0.5, 0.6) is 0 Å². The van der Waals surface area contributed by atoms with E-state index in [1.54, 1.807) is 0 Å². The molecule has 11 heteroatoms. The Kier molecular flexibility index (Phi) is 14.2. The first-order valence-corrected chi connectivity index (χ1v) is 15.4. The Balaban J connectivity index is 1.47. The number of carbonyl (C=O) groups excluding carboxylic acids is 1. The summed E-state index contributed by atoms with van der Waals surface area (Å²) in [5, 5.41) is 0. The maximum absolute atomic E-state index is 12.6. The number of ketones is 1. The molecule has 46 heavy (non-hydrogen) atoms. The van der Waals surface area contributed by atoms with E-state index in [-0.39, 0.29) is 26.2 Å². The summed E-state index contributed by atoms with van der Waals surface area (Å²) in [5.41, 5.74) is 8.35. The Morgan fingerprint density at radius 3 is 1.72 bits per heavy atom. The molecule has 1 heterocycles. The van der Waals surface area contributed by atoms with Gasteiger partial charge >= 0.3 is 6.18 Å². The van der Waals surface area contributed by atoms with Gasteiger partial charge in [-0.05, 0) is 36.0 Å². The monoisotopic (exact) mass is 645 g/mol. The van der Waals surface area contributed by atoms with Crippen LogP contribution < -0.4 is 5.73 Å². The summed E-state index contributed by atoms with van der Waals surface area (Å²) in [6, 6.07) is 27.6. The van der Waals surface area contributed by atoms with Crippen molar-refractivity contribution in [2.24, 2.45) is 5.73 Å². The number of benzene rings is 3. The lowest BCUT2D eigenvalue weighted by atomic mass is 9.97. The molecule has 0 saturated carbocycles. The van der Waals surface area contributed by atoms with E-state index in [0.29, 0.717) is 26.1 Å². The van der Waals surface area contributed by atoms with Crippen molar-refractivity contribution in [3.05, 3.63) is 108 Å². The average molecular weight is 646 g/mol. The van der Waals surface area contributed by atoms with E-state index in [9.17, 15) is 18.0 Å². The minimum absolute atomic E-state index is 0.0912. The summed E-state index contributed by atoms with van der Waals surface area (Å²) >= 11 is 0. The minimum atomic E-state index is -4.94. The van der Waals surface area contributed by atoms with Crippen molar-refractivity contribution < 1.29 is 46.4 Å². The maximum atomic E-state index is 12.6. The number of unbranched alkanes of at least 4 members (excludes halogenated alkanes) is 1. The first kappa shape index (κ1) is 35.7. The van der Waals surface area contributed by atoms with Gasteiger partial charge in [0.1, 0.15) is 24.4 Å². The van der Waals surface area contributed by atoms with Crippen LogP contribution in [-0.4, -0.2) is 69.0 Å². The Morgan fingerprint density at radius 2 is 1.24 bits per heavy atom. The Labute approximate surface area is 267 Å². The van der Waals surface area contributed by atoms with Gasteiger partial charge in [-0.2, -0.15) is 13.2 Å². The van der Waals surface area contributed by atoms with Crippen LogP contribution in [0.2, 0.25) is 0 Å². The van der Waals surface area contributed by atoms with Gasteiger partial charge in [-0.1, -0.05) is 91.0 Å². The fourth-order valence-corrected chi connectivity index (χ4v) is 5.18. The average Bonchev–Trinajstić information content (AvgIpc) is 3.07. The van der Waals surface area contributed by atoms with Gasteiger partial charge in [-0.25, -0.2) is 0 Å². The highest BCUT2D eigenvalue weighted by molar-refractivity contribution is 5.88. The van der Waals surface area contributed by atoms with Gasteiger partial charge in [0.2, 0.25) is 0 Å². The normalized spacial score (nSPS) is 22.4. The largest absolute Gasteiger partial charge is 0.451 e. The van der Waals surface area contributed by atoms with Crippen molar-refractivity contribution in [3.63, 3.8) is 0 Å². The third-order valence-electron chi connectivity index (χ3n) is 7.63. The molecule has 6 atom stereocenters. The fourth-order valence-electron chi connectivity index (χ4n) is 5.18. The summed E-state index contributed by atoms with van der Waals surface area (Å²) in [6.07, 6.45) is -7.67. The maximum Gasteiger partial charge on any atom is 0.451 e. The molecule has 3 aromatic rings. The van der Waals surface area contributed by atoms with E-state index in [1.807, 2.05) is 91.0 Å². The molecule has 0 radical (unpaired) electrons. The number of methoxy groups -OCH3 is 1. The second-order valence-corrected chi connectivity index (χ2v) is 11.1. The molecule has 8 nitrogen and oxygen atoms in total. The van der Waals surface area contributed by atoms with Crippen LogP contribution in [0, 0.1) is 0 Å². The van der Waals surface area contributed by atoms with Crippen LogP contribution in [0.25, 0.3) is 0 Å². The van der Waals surface area contributed by atoms with E-state index in [1.165, 1.54) is 7.11 Å². The lowest BCUT2D eigenvalue weighted by molar-refractivity contribution is -0.323. The third kappa shape index (κ3) is 11.0. The quantitative estimate of drug-likeness (QED) is 0.175. The molecular formula is C35H42F3NO7. The van der Waals surface area contributed by atoms with Crippen LogP contribution in [0.4, 0.5) is 13.2 Å². The summed E-state index contributed by atoms with van der Waals surface area (Å²) < 4.78 is 75.4. The van der Waals surface area contributed by atoms with Crippen LogP contribution >= 0.6 is 0 Å². The first-order chi connectivity index (χ1) is 22.3. The number of hydrogen-bond acceptors (Lipinski definition) is 8. The molecule has 0 aliphatic carbocycles. The number of hydrogen-bond donors (Lipinski definition) is 1. The van der Waals surface area contributed by atoms with Crippen LogP contribution in [-0.2, 0) is 53.0 Å². The predicted molar refractivity (Wildman–Crippen MR) is 164 cm³/mol. The second-order valence-electron chi connectivity index (χ2n) is 11.1. The number of halogens is 3. The smallest absolute Gasteiger partial charge is 0.379 e. The van der Waals surface area contributed by atoms with Crippen LogP contribution in [0.3, 0.4) is 0 Å². The molecule has 1 aliphatic heterocycles. The van der Waals surface area contributed by atoms with Gasteiger partial charge < -0.3 is 34.2 Å². The van der Waals surface area contributed by atoms with Crippen molar-refractivity contribution in [1.82, 2.24) is 0 Å². The van der Waals surface area contributed by atoms with Crippen LogP contribution in [0.1, 0.15) is 36.0 Å². The highest BCUT2D eigenvalue weighted by Crippen LogP contribution is 2.31. The fraction of sp³-hybridized carbons (Fsp3) is 0.457. The van der Waals surface area contributed by atoms with E-state index in [0.717, 1.165) is 16.7 Å². The van der Waals surface area contributed by atoms with Gasteiger partial charge in [0.25, 0.3) is 5.78 Å². The molecule has 0 aromatic heterocycles. The van der Waals surface area contributed by atoms with Gasteiger partial charge in [0.15, 0.2) is 6.29 Å². The predicted octanol–water partition coefficient (Wildman–Crippen LogP) is 5.76. The molecule has 1 saturated heterocycles. The molecule has 3 aromatic carbocycles. The van der Waals surface area contributed by atoms with Crippen LogP contribution in [0.15, 0.2) is 91.0 Å². The lowest BCUT2D eigenvalue weighted by Crippen LogP contribution is -2.61. The van der Waals surface area contributed by atoms with Gasteiger partial charge in [-0.15, -0.1) is 0 Å². The molecule has 0 bridgehead atoms. The zero-order chi connectivity index (χ0) is 32.8. The molecule has 0 amide bonds. The van der Waals surface area contributed by atoms with Crippen molar-refractivity contribution in [1.29, 1.82) is 0 Å². The van der Waals surface area contributed by atoms with Crippen molar-refractivity contribution in [2.45, 2.75) is 82.0 Å². The number of nitrogens with two attached hydrogens (primary N) is 1. The number of ether oxygens (including phenoxy) is 6. The number of alkyl halides is 3. The van der Waals surface area contributed by atoms with Gasteiger partial charge in [0, 0.05) is 13.7 Å². The Hall–Kier alpha value is -3.16. The van der Waals surface area contributed by atoms with E-state index < -0.39 is 48.7 Å². The molecule has 250 valence electrons. The zero-order valence-electron chi connectivity index (χ0n) is 25.9. The summed E-state index contributed by atoms with van der Waals surface area (Å²) in [4.78, 5) is 11.3. The Morgan fingerprint density at radius 1 is 0.761 bits per heavy atom. The van der Waals surface area contributed by atoms with E-state index in [2.05, 4.69) is 0 Å². The molecule has 0 spiro atoms. The standard InChI is InChI=1S/C35H42F3NO7/c1-41-34-32(45-23-27-17-9-4-10-18-27)31(44-22-26-15-7-3-8-16-26)30(43-21-25-13-5-2-6-14-25)29(46-34)24-42-20-12-11-19-28(39)33(40)35(36,37)38/h2-10,13-18,28-32,34H,11-12,19-24,39H2,1H3/t28?,29-,30-,31+,32-,34+/m1/s1. The van der Waals surface area contributed by atoms with Gasteiger partial charge in [-0.3, -0.25) is 4.79 Å². The third-order valence-corrected chi connectivity index (χ3v) is 7.63. The van der Waals surface area contributed by atoms with Crippen molar-refractivity contribution in [3.8, 4) is 0 Å². The first-order valence-electron chi connectivity index (χ1n) is 15.4. The molecule has 1 unspecified atom stereocenters. The number of rotatable bonds is 18. The number of carbonyl (C=O) groups is 1. The van der Waals surface area contributed by atoms with E-state index in [4.69, 9.17) is 34.2 Å². The molecule has 4 rings (SSSR count). The van der Waals surface area contributed by atoms with Crippen molar-refractivity contribution in [2.75, 3.05) is 20.3 Å². The highest BCUT2D eigenvalue weighted by atomic mass is 19.4. The molecule has 2 N–H and O–H groups in total.